The van der Waals surface area contributed by atoms with Crippen LogP contribution in [0.25, 0.3) is 10.9 Å². The minimum Gasteiger partial charge on any atom is -0.361 e. The zero-order valence-corrected chi connectivity index (χ0v) is 15.4. The number of fused-ring (bicyclic) bond motifs is 1. The molecule has 2 heterocycles. The standard InChI is InChI=1S/C21H20N4O3/c1-2-21(15-8-4-3-5-9-15)19(27)25(20(28)23-21)24-18(26)12-14-13-22-17-11-7-6-10-16(14)17/h3-11,13,22H,2,12H2,1H3,(H,23,28)(H,24,26)/t21-/m0/s1. The van der Waals surface area contributed by atoms with E-state index < -0.39 is 23.4 Å². The molecule has 0 saturated carbocycles. The van der Waals surface area contributed by atoms with Crippen molar-refractivity contribution in [1.29, 1.82) is 0 Å². The summed E-state index contributed by atoms with van der Waals surface area (Å²) >= 11 is 0. The lowest BCUT2D eigenvalue weighted by Crippen LogP contribution is -2.49. The van der Waals surface area contributed by atoms with Crippen LogP contribution in [0, 0.1) is 0 Å². The summed E-state index contributed by atoms with van der Waals surface area (Å²) in [5.74, 6) is -0.924. The van der Waals surface area contributed by atoms with Gasteiger partial charge in [-0.3, -0.25) is 15.0 Å². The molecule has 142 valence electrons. The molecule has 1 atom stereocenters. The van der Waals surface area contributed by atoms with E-state index in [9.17, 15) is 14.4 Å². The molecule has 3 N–H and O–H groups in total. The van der Waals surface area contributed by atoms with Crippen molar-refractivity contribution in [2.45, 2.75) is 25.3 Å². The van der Waals surface area contributed by atoms with Crippen LogP contribution >= 0.6 is 0 Å². The monoisotopic (exact) mass is 376 g/mol. The summed E-state index contributed by atoms with van der Waals surface area (Å²) in [5, 5.41) is 4.46. The molecule has 3 aromatic rings. The van der Waals surface area contributed by atoms with Crippen molar-refractivity contribution in [2.24, 2.45) is 0 Å². The van der Waals surface area contributed by atoms with E-state index >= 15 is 0 Å². The molecule has 28 heavy (non-hydrogen) atoms. The summed E-state index contributed by atoms with van der Waals surface area (Å²) in [4.78, 5) is 41.1. The van der Waals surface area contributed by atoms with E-state index in [1.165, 1.54) is 0 Å². The Morgan fingerprint density at radius 3 is 2.54 bits per heavy atom. The predicted octanol–water partition coefficient (Wildman–Crippen LogP) is 2.60. The number of hydrazine groups is 1. The number of benzene rings is 2. The molecule has 0 bridgehead atoms. The van der Waals surface area contributed by atoms with Crippen molar-refractivity contribution < 1.29 is 14.4 Å². The molecule has 0 spiro atoms. The Morgan fingerprint density at radius 2 is 1.79 bits per heavy atom. The molecular formula is C21H20N4O3. The third-order valence-corrected chi connectivity index (χ3v) is 5.15. The molecule has 1 aliphatic heterocycles. The van der Waals surface area contributed by atoms with Crippen molar-refractivity contribution in [2.75, 3.05) is 0 Å². The normalized spacial score (nSPS) is 19.1. The molecule has 4 rings (SSSR count). The number of imide groups is 1. The number of urea groups is 1. The minimum absolute atomic E-state index is 0.0472. The van der Waals surface area contributed by atoms with Crippen LogP contribution in [-0.2, 0) is 21.5 Å². The Kier molecular flexibility index (Phi) is 4.35. The van der Waals surface area contributed by atoms with Crippen molar-refractivity contribution in [3.63, 3.8) is 0 Å². The van der Waals surface area contributed by atoms with Gasteiger partial charge in [-0.2, -0.15) is 5.01 Å². The lowest BCUT2D eigenvalue weighted by atomic mass is 9.87. The van der Waals surface area contributed by atoms with Gasteiger partial charge in [0.2, 0.25) is 5.91 Å². The van der Waals surface area contributed by atoms with E-state index in [0.717, 1.165) is 21.5 Å². The molecule has 0 radical (unpaired) electrons. The second kappa shape index (κ2) is 6.84. The highest BCUT2D eigenvalue weighted by molar-refractivity contribution is 6.08. The molecule has 0 aliphatic carbocycles. The smallest absolute Gasteiger partial charge is 0.344 e. The first-order chi connectivity index (χ1) is 13.5. The second-order valence-electron chi connectivity index (χ2n) is 6.77. The maximum Gasteiger partial charge on any atom is 0.344 e. The molecule has 2 aromatic carbocycles. The first-order valence-corrected chi connectivity index (χ1v) is 9.12. The van der Waals surface area contributed by atoms with Gasteiger partial charge in [-0.05, 0) is 23.6 Å². The van der Waals surface area contributed by atoms with Crippen molar-refractivity contribution in [3.8, 4) is 0 Å². The molecule has 1 aliphatic rings. The first-order valence-electron chi connectivity index (χ1n) is 9.12. The van der Waals surface area contributed by atoms with E-state index in [1.807, 2.05) is 49.4 Å². The van der Waals surface area contributed by atoms with Crippen LogP contribution in [0.3, 0.4) is 0 Å². The Bertz CT molecular complexity index is 1060. The molecule has 7 nitrogen and oxygen atoms in total. The fourth-order valence-electron chi connectivity index (χ4n) is 3.65. The Hall–Kier alpha value is -3.61. The van der Waals surface area contributed by atoms with Gasteiger partial charge in [0.05, 0.1) is 6.42 Å². The zero-order chi connectivity index (χ0) is 19.7. The topological polar surface area (TPSA) is 94.3 Å². The molecular weight excluding hydrogens is 356 g/mol. The summed E-state index contributed by atoms with van der Waals surface area (Å²) in [6.07, 6.45) is 2.18. The number of H-pyrrole nitrogens is 1. The molecule has 1 aromatic heterocycles. The van der Waals surface area contributed by atoms with E-state index in [4.69, 9.17) is 0 Å². The average Bonchev–Trinajstić information content (AvgIpc) is 3.23. The van der Waals surface area contributed by atoms with Gasteiger partial charge in [-0.1, -0.05) is 55.5 Å². The number of nitrogens with one attached hydrogen (secondary N) is 3. The maximum absolute atomic E-state index is 13.0. The number of hydrogen-bond acceptors (Lipinski definition) is 3. The number of hydrogen-bond donors (Lipinski definition) is 3. The minimum atomic E-state index is -1.17. The number of amides is 4. The summed E-state index contributed by atoms with van der Waals surface area (Å²) in [6.45, 7) is 1.82. The molecule has 4 amide bonds. The largest absolute Gasteiger partial charge is 0.361 e. The van der Waals surface area contributed by atoms with Gasteiger partial charge in [0.25, 0.3) is 5.91 Å². The van der Waals surface area contributed by atoms with Gasteiger partial charge < -0.3 is 10.3 Å². The summed E-state index contributed by atoms with van der Waals surface area (Å²) in [7, 11) is 0. The molecule has 0 unspecified atom stereocenters. The van der Waals surface area contributed by atoms with Crippen molar-refractivity contribution in [3.05, 3.63) is 71.9 Å². The quantitative estimate of drug-likeness (QED) is 0.598. The Balaban J connectivity index is 1.54. The Labute approximate surface area is 161 Å². The predicted molar refractivity (Wildman–Crippen MR) is 104 cm³/mol. The number of carbonyl (C=O) groups is 3. The highest BCUT2D eigenvalue weighted by atomic mass is 16.2. The highest BCUT2D eigenvalue weighted by Crippen LogP contribution is 2.31. The fourth-order valence-corrected chi connectivity index (χ4v) is 3.65. The lowest BCUT2D eigenvalue weighted by molar-refractivity contribution is -0.139. The lowest BCUT2D eigenvalue weighted by Gasteiger charge is -2.25. The van der Waals surface area contributed by atoms with E-state index in [0.29, 0.717) is 12.0 Å². The summed E-state index contributed by atoms with van der Waals surface area (Å²) in [6, 6.07) is 16.0. The van der Waals surface area contributed by atoms with E-state index in [-0.39, 0.29) is 6.42 Å². The third kappa shape index (κ3) is 2.81. The van der Waals surface area contributed by atoms with Gasteiger partial charge in [-0.15, -0.1) is 0 Å². The van der Waals surface area contributed by atoms with Crippen LogP contribution in [0.5, 0.6) is 0 Å². The highest BCUT2D eigenvalue weighted by Gasteiger charge is 2.52. The third-order valence-electron chi connectivity index (χ3n) is 5.15. The fraction of sp³-hybridized carbons (Fsp3) is 0.190. The van der Waals surface area contributed by atoms with Crippen LogP contribution in [0.4, 0.5) is 4.79 Å². The van der Waals surface area contributed by atoms with Crippen molar-refractivity contribution in [1.82, 2.24) is 20.7 Å². The van der Waals surface area contributed by atoms with Gasteiger partial charge in [0.15, 0.2) is 0 Å². The van der Waals surface area contributed by atoms with Crippen molar-refractivity contribution >= 4 is 28.7 Å². The van der Waals surface area contributed by atoms with E-state index in [2.05, 4.69) is 15.7 Å². The van der Waals surface area contributed by atoms with Gasteiger partial charge in [-0.25, -0.2) is 4.79 Å². The molecule has 1 saturated heterocycles. The maximum atomic E-state index is 13.0. The number of rotatable bonds is 5. The summed E-state index contributed by atoms with van der Waals surface area (Å²) < 4.78 is 0. The van der Waals surface area contributed by atoms with E-state index in [1.54, 1.807) is 18.3 Å². The average molecular weight is 376 g/mol. The number of para-hydroxylation sites is 1. The van der Waals surface area contributed by atoms with Crippen LogP contribution in [-0.4, -0.2) is 27.8 Å². The van der Waals surface area contributed by atoms with Gasteiger partial charge in [0, 0.05) is 17.1 Å². The summed E-state index contributed by atoms with van der Waals surface area (Å²) in [5.41, 5.74) is 3.69. The number of aromatic nitrogens is 1. The van der Waals surface area contributed by atoms with Crippen LogP contribution in [0.2, 0.25) is 0 Å². The van der Waals surface area contributed by atoms with Crippen LogP contribution in [0.1, 0.15) is 24.5 Å². The molecule has 1 fully saturated rings. The number of carbonyl (C=O) groups excluding carboxylic acids is 3. The van der Waals surface area contributed by atoms with Crippen LogP contribution in [0.15, 0.2) is 60.8 Å². The molecule has 7 heteroatoms. The van der Waals surface area contributed by atoms with Crippen LogP contribution < -0.4 is 10.7 Å². The number of aromatic amines is 1. The Morgan fingerprint density at radius 1 is 1.07 bits per heavy atom. The van der Waals surface area contributed by atoms with Gasteiger partial charge in [0.1, 0.15) is 5.54 Å². The zero-order valence-electron chi connectivity index (χ0n) is 15.4. The second-order valence-corrected chi connectivity index (χ2v) is 6.77. The SMILES string of the molecule is CC[C@@]1(c2ccccc2)NC(=O)N(NC(=O)Cc2c[nH]c3ccccc23)C1=O. The number of nitrogens with zero attached hydrogens (tertiary/aromatic N) is 1. The van der Waals surface area contributed by atoms with Gasteiger partial charge >= 0.3 is 6.03 Å². The first kappa shape index (κ1) is 17.8.